The number of morpholine rings is 1. The van der Waals surface area contributed by atoms with Crippen LogP contribution in [0.1, 0.15) is 43.6 Å². The van der Waals surface area contributed by atoms with Gasteiger partial charge in [-0.2, -0.15) is 0 Å². The van der Waals surface area contributed by atoms with E-state index in [1.54, 1.807) is 11.8 Å². The lowest BCUT2D eigenvalue weighted by atomic mass is 9.91. The number of hydrogen-bond acceptors (Lipinski definition) is 5. The highest BCUT2D eigenvalue weighted by molar-refractivity contribution is 7.99. The lowest BCUT2D eigenvalue weighted by molar-refractivity contribution is -0.00430. The van der Waals surface area contributed by atoms with Crippen molar-refractivity contribution in [3.8, 4) is 0 Å². The standard InChI is InChI=1S/C25H34N2O2S/c1-6-26(7-2)21-10-13-23(19(3)18-21)30-22-11-8-20(9-12-22)24(28)25(4,5)27-14-16-29-17-15-27/h8-13,18H,6-7,14-17H2,1-5H3. The van der Waals surface area contributed by atoms with Crippen LogP contribution in [0.5, 0.6) is 0 Å². The fourth-order valence-electron chi connectivity index (χ4n) is 3.95. The molecule has 0 bridgehead atoms. The van der Waals surface area contributed by atoms with Crippen LogP contribution in [-0.2, 0) is 4.74 Å². The summed E-state index contributed by atoms with van der Waals surface area (Å²) in [5.74, 6) is 0.167. The molecule has 5 heteroatoms. The lowest BCUT2D eigenvalue weighted by Crippen LogP contribution is -2.54. The number of rotatable bonds is 8. The Labute approximate surface area is 185 Å². The summed E-state index contributed by atoms with van der Waals surface area (Å²) in [6, 6.07) is 14.7. The summed E-state index contributed by atoms with van der Waals surface area (Å²) in [6.45, 7) is 15.6. The van der Waals surface area contributed by atoms with Gasteiger partial charge in [0.15, 0.2) is 5.78 Å². The van der Waals surface area contributed by atoms with Gasteiger partial charge in [-0.1, -0.05) is 23.9 Å². The van der Waals surface area contributed by atoms with Gasteiger partial charge in [0.1, 0.15) is 0 Å². The number of hydrogen-bond donors (Lipinski definition) is 0. The highest BCUT2D eigenvalue weighted by Crippen LogP contribution is 2.33. The lowest BCUT2D eigenvalue weighted by Gasteiger charge is -2.39. The van der Waals surface area contributed by atoms with Gasteiger partial charge in [0.2, 0.25) is 0 Å². The molecule has 1 aliphatic rings. The molecule has 2 aromatic rings. The monoisotopic (exact) mass is 426 g/mol. The van der Waals surface area contributed by atoms with Crippen LogP contribution < -0.4 is 4.90 Å². The fourth-order valence-corrected chi connectivity index (χ4v) is 4.84. The second-order valence-corrected chi connectivity index (χ2v) is 9.35. The minimum absolute atomic E-state index is 0.167. The molecule has 0 N–H and O–H groups in total. The molecule has 1 heterocycles. The van der Waals surface area contributed by atoms with E-state index in [4.69, 9.17) is 4.74 Å². The number of carbonyl (C=O) groups is 1. The van der Waals surface area contributed by atoms with Crippen molar-refractivity contribution in [2.45, 2.75) is 49.9 Å². The smallest absolute Gasteiger partial charge is 0.182 e. The Morgan fingerprint density at radius 2 is 1.70 bits per heavy atom. The molecule has 3 rings (SSSR count). The van der Waals surface area contributed by atoms with Crippen LogP contribution in [0.3, 0.4) is 0 Å². The van der Waals surface area contributed by atoms with Gasteiger partial charge >= 0.3 is 0 Å². The summed E-state index contributed by atoms with van der Waals surface area (Å²) in [5, 5.41) is 0. The highest BCUT2D eigenvalue weighted by Gasteiger charge is 2.35. The van der Waals surface area contributed by atoms with Gasteiger partial charge in [-0.15, -0.1) is 0 Å². The predicted molar refractivity (Wildman–Crippen MR) is 126 cm³/mol. The van der Waals surface area contributed by atoms with Crippen LogP contribution >= 0.6 is 11.8 Å². The molecule has 0 unspecified atom stereocenters. The first-order valence-corrected chi connectivity index (χ1v) is 11.7. The largest absolute Gasteiger partial charge is 0.379 e. The van der Waals surface area contributed by atoms with Crippen LogP contribution in [0.15, 0.2) is 52.3 Å². The molecule has 0 saturated carbocycles. The average molecular weight is 427 g/mol. The van der Waals surface area contributed by atoms with Crippen molar-refractivity contribution in [1.29, 1.82) is 0 Å². The molecule has 1 fully saturated rings. The summed E-state index contributed by atoms with van der Waals surface area (Å²) in [5.41, 5.74) is 2.80. The molecule has 0 aromatic heterocycles. The van der Waals surface area contributed by atoms with E-state index in [0.29, 0.717) is 13.2 Å². The second kappa shape index (κ2) is 9.99. The predicted octanol–water partition coefficient (Wildman–Crippen LogP) is 5.29. The maximum Gasteiger partial charge on any atom is 0.182 e. The number of Topliss-reactive ketones (excluding diaryl/α,β-unsaturated/α-hetero) is 1. The first-order valence-electron chi connectivity index (χ1n) is 10.9. The van der Waals surface area contributed by atoms with E-state index >= 15 is 0 Å². The van der Waals surface area contributed by atoms with Gasteiger partial charge in [0.05, 0.1) is 18.8 Å². The van der Waals surface area contributed by atoms with Crippen LogP contribution in [0.4, 0.5) is 5.69 Å². The van der Waals surface area contributed by atoms with Crippen molar-refractivity contribution in [2.75, 3.05) is 44.3 Å². The van der Waals surface area contributed by atoms with Crippen LogP contribution in [0, 0.1) is 6.92 Å². The van der Waals surface area contributed by atoms with E-state index in [1.165, 1.54) is 16.1 Å². The number of anilines is 1. The Morgan fingerprint density at radius 1 is 1.07 bits per heavy atom. The SMILES string of the molecule is CCN(CC)c1ccc(Sc2ccc(C(=O)C(C)(C)N3CCOCC3)cc2)c(C)c1. The number of nitrogens with zero attached hydrogens (tertiary/aromatic N) is 2. The molecule has 30 heavy (non-hydrogen) atoms. The Bertz CT molecular complexity index is 854. The van der Waals surface area contributed by atoms with Gasteiger partial charge in [0, 0.05) is 47.2 Å². The molecular weight excluding hydrogens is 392 g/mol. The van der Waals surface area contributed by atoms with Gasteiger partial charge in [0.25, 0.3) is 0 Å². The average Bonchev–Trinajstić information content (AvgIpc) is 2.77. The van der Waals surface area contributed by atoms with Crippen molar-refractivity contribution in [3.05, 3.63) is 53.6 Å². The summed E-state index contributed by atoms with van der Waals surface area (Å²) < 4.78 is 5.44. The zero-order valence-electron chi connectivity index (χ0n) is 18.9. The van der Waals surface area contributed by atoms with Crippen molar-refractivity contribution in [2.24, 2.45) is 0 Å². The zero-order valence-corrected chi connectivity index (χ0v) is 19.7. The number of carbonyl (C=O) groups excluding carboxylic acids is 1. The van der Waals surface area contributed by atoms with Gasteiger partial charge in [-0.05, 0) is 70.5 Å². The normalized spacial score (nSPS) is 15.2. The Balaban J connectivity index is 1.70. The fraction of sp³-hybridized carbons (Fsp3) is 0.480. The maximum atomic E-state index is 13.2. The number of ketones is 1. The van der Waals surface area contributed by atoms with Crippen molar-refractivity contribution < 1.29 is 9.53 Å². The molecule has 0 aliphatic carbocycles. The van der Waals surface area contributed by atoms with Crippen LogP contribution in [0.2, 0.25) is 0 Å². The maximum absolute atomic E-state index is 13.2. The first-order chi connectivity index (χ1) is 14.4. The Morgan fingerprint density at radius 3 is 2.27 bits per heavy atom. The third-order valence-electron chi connectivity index (χ3n) is 5.99. The van der Waals surface area contributed by atoms with Gasteiger partial charge < -0.3 is 9.64 Å². The topological polar surface area (TPSA) is 32.8 Å². The van der Waals surface area contributed by atoms with E-state index in [-0.39, 0.29) is 5.78 Å². The summed E-state index contributed by atoms with van der Waals surface area (Å²) in [6.07, 6.45) is 0. The molecule has 2 aromatic carbocycles. The quantitative estimate of drug-likeness (QED) is 0.536. The van der Waals surface area contributed by atoms with E-state index < -0.39 is 5.54 Å². The minimum atomic E-state index is -0.519. The van der Waals surface area contributed by atoms with Crippen molar-refractivity contribution in [3.63, 3.8) is 0 Å². The van der Waals surface area contributed by atoms with Gasteiger partial charge in [-0.25, -0.2) is 0 Å². The van der Waals surface area contributed by atoms with Crippen molar-refractivity contribution in [1.82, 2.24) is 4.90 Å². The van der Waals surface area contributed by atoms with Gasteiger partial charge in [-0.3, -0.25) is 9.69 Å². The molecule has 0 radical (unpaired) electrons. The molecule has 4 nitrogen and oxygen atoms in total. The van der Waals surface area contributed by atoms with Crippen molar-refractivity contribution >= 4 is 23.2 Å². The van der Waals surface area contributed by atoms with Crippen LogP contribution in [-0.4, -0.2) is 55.6 Å². The summed E-state index contributed by atoms with van der Waals surface area (Å²) in [4.78, 5) is 20.1. The summed E-state index contributed by atoms with van der Waals surface area (Å²) in [7, 11) is 0. The first kappa shape index (κ1) is 22.9. The number of ether oxygens (including phenoxy) is 1. The second-order valence-electron chi connectivity index (χ2n) is 8.24. The molecule has 1 saturated heterocycles. The van der Waals surface area contributed by atoms with E-state index in [9.17, 15) is 4.79 Å². The Hall–Kier alpha value is -1.82. The summed E-state index contributed by atoms with van der Waals surface area (Å²) >= 11 is 1.75. The number of aryl methyl sites for hydroxylation is 1. The molecule has 0 atom stereocenters. The van der Waals surface area contributed by atoms with E-state index in [1.807, 2.05) is 26.0 Å². The highest BCUT2D eigenvalue weighted by atomic mass is 32.2. The number of benzene rings is 2. The molecule has 0 amide bonds. The zero-order chi connectivity index (χ0) is 21.7. The Kier molecular flexibility index (Phi) is 7.61. The van der Waals surface area contributed by atoms with E-state index in [0.717, 1.165) is 36.6 Å². The minimum Gasteiger partial charge on any atom is -0.379 e. The third kappa shape index (κ3) is 5.08. The van der Waals surface area contributed by atoms with E-state index in [2.05, 4.69) is 60.9 Å². The third-order valence-corrected chi connectivity index (χ3v) is 7.17. The van der Waals surface area contributed by atoms with Crippen LogP contribution in [0.25, 0.3) is 0 Å². The molecular formula is C25H34N2O2S. The molecule has 1 aliphatic heterocycles. The molecule has 0 spiro atoms. The molecule has 162 valence electrons.